The van der Waals surface area contributed by atoms with E-state index in [1.165, 1.54) is 18.2 Å². The van der Waals surface area contributed by atoms with E-state index in [0.717, 1.165) is 0 Å². The summed E-state index contributed by atoms with van der Waals surface area (Å²) in [5, 5.41) is 0.663. The Bertz CT molecular complexity index is 674. The van der Waals surface area contributed by atoms with Gasteiger partial charge in [-0.3, -0.25) is 4.57 Å². The first-order valence-corrected chi connectivity index (χ1v) is 6.13. The van der Waals surface area contributed by atoms with E-state index < -0.39 is 13.4 Å². The van der Waals surface area contributed by atoms with Gasteiger partial charge in [0.25, 0.3) is 0 Å². The van der Waals surface area contributed by atoms with Crippen LogP contribution >= 0.6 is 7.82 Å². The van der Waals surface area contributed by atoms with Gasteiger partial charge in [-0.1, -0.05) is 0 Å². The fourth-order valence-corrected chi connectivity index (χ4v) is 1.88. The Kier molecular flexibility index (Phi) is 4.78. The molecule has 0 spiro atoms. The Morgan fingerprint density at radius 1 is 1.39 bits per heavy atom. The summed E-state index contributed by atoms with van der Waals surface area (Å²) < 4.78 is 19.7. The number of hydrogen-bond donors (Lipinski definition) is 1. The van der Waals surface area contributed by atoms with Crippen LogP contribution < -0.4 is 44.6 Å². The summed E-state index contributed by atoms with van der Waals surface area (Å²) >= 11 is 0. The molecule has 2 aromatic rings. The van der Waals surface area contributed by atoms with Gasteiger partial charge < -0.3 is 18.7 Å². The average Bonchev–Trinajstić information content (AvgIpc) is 2.13. The molecule has 1 aromatic heterocycles. The molecule has 0 saturated carbocycles. The van der Waals surface area contributed by atoms with Gasteiger partial charge in [0, 0.05) is 17.5 Å². The molecule has 0 aliphatic rings. The summed E-state index contributed by atoms with van der Waals surface area (Å²) in [7, 11) is -4.86. The number of phosphoric ester groups is 1. The molecule has 90 valence electrons. The SMILES string of the molecule is Cc1cc(=O)oc2cc(OP(=O)([O-])O)ccc12.[Na+]. The zero-order valence-corrected chi connectivity index (χ0v) is 12.6. The fourth-order valence-electron chi connectivity index (χ4n) is 1.50. The molecule has 0 bridgehead atoms. The van der Waals surface area contributed by atoms with Crippen molar-refractivity contribution < 1.29 is 52.9 Å². The van der Waals surface area contributed by atoms with Crippen molar-refractivity contribution in [3.05, 3.63) is 40.2 Å². The molecule has 0 fully saturated rings. The van der Waals surface area contributed by atoms with E-state index in [4.69, 9.17) is 9.31 Å². The van der Waals surface area contributed by atoms with Crippen molar-refractivity contribution in [2.75, 3.05) is 0 Å². The molecule has 1 aromatic carbocycles. The molecule has 1 atom stereocenters. The Morgan fingerprint density at radius 3 is 2.67 bits per heavy atom. The Labute approximate surface area is 124 Å². The van der Waals surface area contributed by atoms with Crippen LogP contribution in [0.1, 0.15) is 5.56 Å². The van der Waals surface area contributed by atoms with Crippen molar-refractivity contribution >= 4 is 18.8 Å². The van der Waals surface area contributed by atoms with Gasteiger partial charge in [-0.25, -0.2) is 4.79 Å². The zero-order valence-electron chi connectivity index (χ0n) is 9.75. The fraction of sp³-hybridized carbons (Fsp3) is 0.100. The van der Waals surface area contributed by atoms with Gasteiger partial charge in [-0.05, 0) is 24.6 Å². The standard InChI is InChI=1S/C10H9O6P.Na/c1-6-4-10(11)15-9-5-7(2-3-8(6)9)16-17(12,13)14;/h2-5H,1H3,(H2,12,13,14);/q;+1/p-1. The van der Waals surface area contributed by atoms with E-state index in [0.29, 0.717) is 10.9 Å². The molecule has 0 aliphatic heterocycles. The second-order valence-corrected chi connectivity index (χ2v) is 4.59. The molecule has 8 heteroatoms. The predicted octanol–water partition coefficient (Wildman–Crippen LogP) is -2.06. The van der Waals surface area contributed by atoms with E-state index in [1.807, 2.05) is 0 Å². The number of rotatable bonds is 2. The molecule has 0 saturated heterocycles. The maximum absolute atomic E-state index is 11.1. The monoisotopic (exact) mass is 278 g/mol. The molecule has 6 nitrogen and oxygen atoms in total. The molecule has 0 amide bonds. The Balaban J connectivity index is 0.00000162. The van der Waals surface area contributed by atoms with Crippen LogP contribution in [0, 0.1) is 6.92 Å². The summed E-state index contributed by atoms with van der Waals surface area (Å²) in [6.07, 6.45) is 0. The third-order valence-electron chi connectivity index (χ3n) is 2.14. The topological polar surface area (TPSA) is 99.8 Å². The third kappa shape index (κ3) is 3.68. The summed E-state index contributed by atoms with van der Waals surface area (Å²) in [6.45, 7) is 1.73. The number of benzene rings is 1. The minimum absolute atomic E-state index is 0. The van der Waals surface area contributed by atoms with Crippen LogP contribution in [-0.2, 0) is 4.57 Å². The van der Waals surface area contributed by atoms with Crippen LogP contribution in [0.4, 0.5) is 0 Å². The van der Waals surface area contributed by atoms with Crippen molar-refractivity contribution in [2.24, 2.45) is 0 Å². The van der Waals surface area contributed by atoms with Gasteiger partial charge in [0.1, 0.15) is 11.3 Å². The molecule has 1 unspecified atom stereocenters. The molecule has 1 N–H and O–H groups in total. The van der Waals surface area contributed by atoms with Gasteiger partial charge >= 0.3 is 43.0 Å². The van der Waals surface area contributed by atoms with Gasteiger partial charge in [0.05, 0.1) is 0 Å². The van der Waals surface area contributed by atoms with Crippen LogP contribution in [0.5, 0.6) is 5.75 Å². The maximum Gasteiger partial charge on any atom is 1.00 e. The van der Waals surface area contributed by atoms with Crippen molar-refractivity contribution in [3.63, 3.8) is 0 Å². The second-order valence-electron chi connectivity index (χ2n) is 3.47. The van der Waals surface area contributed by atoms with E-state index in [9.17, 15) is 14.3 Å². The van der Waals surface area contributed by atoms with Crippen molar-refractivity contribution in [1.29, 1.82) is 0 Å². The zero-order chi connectivity index (χ0) is 12.6. The molecule has 2 rings (SSSR count). The number of hydrogen-bond acceptors (Lipinski definition) is 5. The van der Waals surface area contributed by atoms with Crippen LogP contribution in [-0.4, -0.2) is 4.89 Å². The van der Waals surface area contributed by atoms with E-state index in [2.05, 4.69) is 4.52 Å². The molecular formula is C10H8NaO6P. The predicted molar refractivity (Wildman–Crippen MR) is 57.7 cm³/mol. The Morgan fingerprint density at radius 2 is 2.06 bits per heavy atom. The smallest absolute Gasteiger partial charge is 0.746 e. The van der Waals surface area contributed by atoms with Crippen molar-refractivity contribution in [1.82, 2.24) is 0 Å². The molecule has 0 radical (unpaired) electrons. The molecule has 0 aliphatic carbocycles. The van der Waals surface area contributed by atoms with Crippen molar-refractivity contribution in [3.8, 4) is 5.75 Å². The summed E-state index contributed by atoms with van der Waals surface area (Å²) in [5.74, 6) is -0.118. The molecular weight excluding hydrogens is 270 g/mol. The number of fused-ring (bicyclic) bond motifs is 1. The first-order chi connectivity index (χ1) is 7.85. The quantitative estimate of drug-likeness (QED) is 0.385. The normalized spacial score (nSPS) is 13.7. The molecule has 1 heterocycles. The largest absolute Gasteiger partial charge is 1.00 e. The van der Waals surface area contributed by atoms with Crippen LogP contribution in [0.3, 0.4) is 0 Å². The van der Waals surface area contributed by atoms with Gasteiger partial charge in [-0.2, -0.15) is 0 Å². The summed E-state index contributed by atoms with van der Waals surface area (Å²) in [4.78, 5) is 30.2. The van der Waals surface area contributed by atoms with E-state index >= 15 is 0 Å². The first kappa shape index (κ1) is 15.4. The first-order valence-electron chi connectivity index (χ1n) is 4.63. The van der Waals surface area contributed by atoms with E-state index in [-0.39, 0.29) is 40.9 Å². The van der Waals surface area contributed by atoms with Crippen LogP contribution in [0.15, 0.2) is 33.5 Å². The third-order valence-corrected chi connectivity index (χ3v) is 2.59. The maximum atomic E-state index is 11.1. The van der Waals surface area contributed by atoms with Crippen LogP contribution in [0.2, 0.25) is 0 Å². The minimum Gasteiger partial charge on any atom is -0.746 e. The number of phosphoric acid groups is 1. The molecule has 18 heavy (non-hydrogen) atoms. The van der Waals surface area contributed by atoms with E-state index in [1.54, 1.807) is 13.0 Å². The second kappa shape index (κ2) is 5.57. The number of aryl methyl sites for hydroxylation is 1. The minimum atomic E-state index is -4.86. The average molecular weight is 278 g/mol. The van der Waals surface area contributed by atoms with Gasteiger partial charge in [0.2, 0.25) is 0 Å². The van der Waals surface area contributed by atoms with Gasteiger partial charge in [-0.15, -0.1) is 0 Å². The van der Waals surface area contributed by atoms with Crippen molar-refractivity contribution in [2.45, 2.75) is 6.92 Å². The summed E-state index contributed by atoms with van der Waals surface area (Å²) in [5.41, 5.74) is 0.361. The Hall–Kier alpha value is -0.620. The summed E-state index contributed by atoms with van der Waals surface area (Å²) in [6, 6.07) is 5.45. The van der Waals surface area contributed by atoms with Gasteiger partial charge in [0.15, 0.2) is 0 Å². The van der Waals surface area contributed by atoms with Crippen LogP contribution in [0.25, 0.3) is 11.0 Å².